The van der Waals surface area contributed by atoms with Crippen molar-refractivity contribution in [2.45, 2.75) is 39.7 Å². The van der Waals surface area contributed by atoms with Crippen LogP contribution in [0.1, 0.15) is 59.4 Å². The molecule has 5 heteroatoms. The number of carbonyl (C=O) groups is 1. The normalized spacial score (nSPS) is 12.0. The molecular weight excluding hydrogens is 306 g/mol. The lowest BCUT2D eigenvalue weighted by Gasteiger charge is -2.25. The molecule has 1 atom stereocenters. The minimum atomic E-state index is -0.192. The number of hydrogen-bond acceptors (Lipinski definition) is 4. The number of aromatic nitrogens is 1. The minimum absolute atomic E-state index is 0.00440. The number of aryl methyl sites for hydroxylation is 1. The lowest BCUT2D eigenvalue weighted by Crippen LogP contribution is -2.33. The first-order chi connectivity index (χ1) is 11.1. The predicted molar refractivity (Wildman–Crippen MR) is 92.3 cm³/mol. The molecule has 0 bridgehead atoms. The molecule has 0 fully saturated rings. The van der Waals surface area contributed by atoms with E-state index in [9.17, 15) is 4.79 Å². The molecule has 0 aliphatic carbocycles. The van der Waals surface area contributed by atoms with Crippen LogP contribution in [0.4, 0.5) is 0 Å². The van der Waals surface area contributed by atoms with Crippen molar-refractivity contribution in [1.29, 1.82) is 5.26 Å². The van der Waals surface area contributed by atoms with Crippen molar-refractivity contribution in [2.75, 3.05) is 0 Å². The van der Waals surface area contributed by atoms with Gasteiger partial charge in [-0.05, 0) is 36.4 Å². The van der Waals surface area contributed by atoms with Gasteiger partial charge in [-0.2, -0.15) is 5.26 Å². The zero-order chi connectivity index (χ0) is 16.8. The van der Waals surface area contributed by atoms with E-state index in [2.05, 4.69) is 36.3 Å². The summed E-state index contributed by atoms with van der Waals surface area (Å²) in [6.07, 6.45) is 2.00. The second kappa shape index (κ2) is 7.89. The molecule has 2 rings (SSSR count). The fourth-order valence-corrected chi connectivity index (χ4v) is 3.54. The van der Waals surface area contributed by atoms with E-state index >= 15 is 0 Å². The van der Waals surface area contributed by atoms with Gasteiger partial charge in [-0.25, -0.2) is 4.98 Å². The summed E-state index contributed by atoms with van der Waals surface area (Å²) in [6, 6.07) is 9.39. The number of nitrogens with zero attached hydrogens (tertiary/aromatic N) is 2. The number of nitrogens with one attached hydrogen (secondary N) is 1. The van der Waals surface area contributed by atoms with Crippen molar-refractivity contribution in [1.82, 2.24) is 10.3 Å². The summed E-state index contributed by atoms with van der Waals surface area (Å²) in [7, 11) is 0. The van der Waals surface area contributed by atoms with E-state index in [-0.39, 0.29) is 11.9 Å². The van der Waals surface area contributed by atoms with Crippen LogP contribution in [0.25, 0.3) is 0 Å². The van der Waals surface area contributed by atoms with Crippen molar-refractivity contribution < 1.29 is 4.79 Å². The van der Waals surface area contributed by atoms with Crippen LogP contribution in [0.3, 0.4) is 0 Å². The summed E-state index contributed by atoms with van der Waals surface area (Å²) in [6.45, 7) is 6.03. The molecule has 2 aromatic rings. The Hall–Kier alpha value is -2.19. The van der Waals surface area contributed by atoms with Crippen LogP contribution in [-0.2, 0) is 0 Å². The van der Waals surface area contributed by atoms with Gasteiger partial charge >= 0.3 is 0 Å². The van der Waals surface area contributed by atoms with Crippen LogP contribution < -0.4 is 5.32 Å². The highest BCUT2D eigenvalue weighted by Gasteiger charge is 2.24. The number of pyridine rings is 1. The molecular formula is C18H21N3OS. The number of nitriles is 1. The summed E-state index contributed by atoms with van der Waals surface area (Å²) < 4.78 is 0. The largest absolute Gasteiger partial charge is 0.343 e. The SMILES string of the molecule is CCC(CC)C(NC(=O)c1ccc(C#N)c(C)n1)c1cccs1. The Morgan fingerprint density at radius 3 is 2.61 bits per heavy atom. The van der Waals surface area contributed by atoms with Gasteiger partial charge < -0.3 is 5.32 Å². The van der Waals surface area contributed by atoms with Crippen LogP contribution in [0.15, 0.2) is 29.6 Å². The monoisotopic (exact) mass is 327 g/mol. The zero-order valence-corrected chi connectivity index (χ0v) is 14.5. The lowest BCUT2D eigenvalue weighted by atomic mass is 9.93. The van der Waals surface area contributed by atoms with Gasteiger partial charge in [0.15, 0.2) is 0 Å². The molecule has 1 unspecified atom stereocenters. The molecule has 0 aromatic carbocycles. The summed E-state index contributed by atoms with van der Waals surface area (Å²) >= 11 is 1.66. The Labute approximate surface area is 141 Å². The van der Waals surface area contributed by atoms with Gasteiger partial charge in [-0.1, -0.05) is 32.8 Å². The van der Waals surface area contributed by atoms with Crippen molar-refractivity contribution in [3.63, 3.8) is 0 Å². The maximum Gasteiger partial charge on any atom is 0.270 e. The molecule has 4 nitrogen and oxygen atoms in total. The van der Waals surface area contributed by atoms with Gasteiger partial charge in [0.05, 0.1) is 17.3 Å². The maximum absolute atomic E-state index is 12.6. The van der Waals surface area contributed by atoms with Crippen molar-refractivity contribution in [3.8, 4) is 6.07 Å². The minimum Gasteiger partial charge on any atom is -0.343 e. The molecule has 23 heavy (non-hydrogen) atoms. The van der Waals surface area contributed by atoms with Gasteiger partial charge in [0.2, 0.25) is 0 Å². The van der Waals surface area contributed by atoms with E-state index in [0.29, 0.717) is 22.9 Å². The van der Waals surface area contributed by atoms with Crippen LogP contribution in [-0.4, -0.2) is 10.9 Å². The molecule has 0 aliphatic heterocycles. The number of carbonyl (C=O) groups excluding carboxylic acids is 1. The topological polar surface area (TPSA) is 65.8 Å². The fraction of sp³-hybridized carbons (Fsp3) is 0.389. The molecule has 0 saturated heterocycles. The number of hydrogen-bond donors (Lipinski definition) is 1. The van der Waals surface area contributed by atoms with Gasteiger partial charge in [0.25, 0.3) is 5.91 Å². The quantitative estimate of drug-likeness (QED) is 0.863. The molecule has 0 spiro atoms. The van der Waals surface area contributed by atoms with Gasteiger partial charge in [0.1, 0.15) is 11.8 Å². The van der Waals surface area contributed by atoms with Crippen molar-refractivity contribution >= 4 is 17.2 Å². The second-order valence-corrected chi connectivity index (χ2v) is 6.46. The number of rotatable bonds is 6. The first kappa shape index (κ1) is 17.2. The summed E-state index contributed by atoms with van der Waals surface area (Å²) in [4.78, 5) is 18.0. The van der Waals surface area contributed by atoms with Gasteiger partial charge in [-0.15, -0.1) is 11.3 Å². The smallest absolute Gasteiger partial charge is 0.270 e. The number of thiophene rings is 1. The van der Waals surface area contributed by atoms with Gasteiger partial charge in [0, 0.05) is 4.88 Å². The van der Waals surface area contributed by atoms with E-state index in [1.165, 1.54) is 0 Å². The standard InChI is InChI=1S/C18H21N3OS/c1-4-13(5-2)17(16-7-6-10-23-16)21-18(22)15-9-8-14(11-19)12(3)20-15/h6-10,13,17H,4-5H2,1-3H3,(H,21,22). The molecule has 0 radical (unpaired) electrons. The highest BCUT2D eigenvalue weighted by Crippen LogP contribution is 2.30. The third-order valence-corrected chi connectivity index (χ3v) is 5.05. The summed E-state index contributed by atoms with van der Waals surface area (Å²) in [5.41, 5.74) is 1.43. The predicted octanol–water partition coefficient (Wildman–Crippen LogP) is 4.23. The van der Waals surface area contributed by atoms with Crippen LogP contribution in [0, 0.1) is 24.2 Å². The van der Waals surface area contributed by atoms with Crippen molar-refractivity contribution in [2.24, 2.45) is 5.92 Å². The van der Waals surface area contributed by atoms with Crippen LogP contribution >= 0.6 is 11.3 Å². The molecule has 1 N–H and O–H groups in total. The molecule has 2 heterocycles. The molecule has 1 amide bonds. The van der Waals surface area contributed by atoms with E-state index < -0.39 is 0 Å². The Bertz CT molecular complexity index is 700. The van der Waals surface area contributed by atoms with E-state index in [0.717, 1.165) is 17.7 Å². The summed E-state index contributed by atoms with van der Waals surface area (Å²) in [5.74, 6) is 0.194. The van der Waals surface area contributed by atoms with E-state index in [1.807, 2.05) is 11.4 Å². The Kier molecular flexibility index (Phi) is 5.89. The highest BCUT2D eigenvalue weighted by molar-refractivity contribution is 7.10. The number of amides is 1. The lowest BCUT2D eigenvalue weighted by molar-refractivity contribution is 0.0915. The molecule has 0 aliphatic rings. The zero-order valence-electron chi connectivity index (χ0n) is 13.7. The Balaban J connectivity index is 2.24. The average Bonchev–Trinajstić information content (AvgIpc) is 3.09. The second-order valence-electron chi connectivity index (χ2n) is 5.48. The Morgan fingerprint density at radius 2 is 2.09 bits per heavy atom. The summed E-state index contributed by atoms with van der Waals surface area (Å²) in [5, 5.41) is 14.1. The first-order valence-electron chi connectivity index (χ1n) is 7.82. The molecule has 120 valence electrons. The third-order valence-electron chi connectivity index (χ3n) is 4.10. The van der Waals surface area contributed by atoms with Crippen molar-refractivity contribution in [3.05, 3.63) is 51.5 Å². The van der Waals surface area contributed by atoms with Crippen LogP contribution in [0.5, 0.6) is 0 Å². The van der Waals surface area contributed by atoms with Gasteiger partial charge in [-0.3, -0.25) is 4.79 Å². The maximum atomic E-state index is 12.6. The highest BCUT2D eigenvalue weighted by atomic mass is 32.1. The van der Waals surface area contributed by atoms with E-state index in [4.69, 9.17) is 5.26 Å². The average molecular weight is 327 g/mol. The third kappa shape index (κ3) is 3.96. The molecule has 2 aromatic heterocycles. The first-order valence-corrected chi connectivity index (χ1v) is 8.70. The Morgan fingerprint density at radius 1 is 1.35 bits per heavy atom. The fourth-order valence-electron chi connectivity index (χ4n) is 2.67. The van der Waals surface area contributed by atoms with Crippen LogP contribution in [0.2, 0.25) is 0 Å². The molecule has 0 saturated carbocycles. The van der Waals surface area contributed by atoms with E-state index in [1.54, 1.807) is 30.4 Å².